The Labute approximate surface area is 157 Å². The van der Waals surface area contributed by atoms with Crippen LogP contribution in [-0.2, 0) is 6.54 Å². The summed E-state index contributed by atoms with van der Waals surface area (Å²) in [6.45, 7) is 5.75. The SMILES string of the molecule is CC.NN/N=C(\N)c1cc(Cl)cc2c1N(Cc1ccc(F)cc1)CCO2. The normalized spacial score (nSPS) is 13.3. The predicted molar refractivity (Wildman–Crippen MR) is 104 cm³/mol. The van der Waals surface area contributed by atoms with Gasteiger partial charge < -0.3 is 15.4 Å². The minimum absolute atomic E-state index is 0.200. The third-order valence-electron chi connectivity index (χ3n) is 3.72. The minimum Gasteiger partial charge on any atom is -0.489 e. The van der Waals surface area contributed by atoms with E-state index in [9.17, 15) is 4.39 Å². The van der Waals surface area contributed by atoms with Crippen LogP contribution in [0.4, 0.5) is 10.1 Å². The molecule has 5 N–H and O–H groups in total. The molecule has 1 aliphatic rings. The highest BCUT2D eigenvalue weighted by molar-refractivity contribution is 6.31. The van der Waals surface area contributed by atoms with E-state index in [-0.39, 0.29) is 11.7 Å². The second-order valence-corrected chi connectivity index (χ2v) is 5.76. The van der Waals surface area contributed by atoms with Crippen molar-refractivity contribution in [1.29, 1.82) is 0 Å². The molecular weight excluding hydrogens is 357 g/mol. The third kappa shape index (κ3) is 4.56. The monoisotopic (exact) mass is 379 g/mol. The van der Waals surface area contributed by atoms with E-state index in [1.165, 1.54) is 12.1 Å². The zero-order valence-electron chi connectivity index (χ0n) is 14.8. The Kier molecular flexibility index (Phi) is 7.06. The molecule has 140 valence electrons. The third-order valence-corrected chi connectivity index (χ3v) is 3.94. The molecule has 6 nitrogen and oxygen atoms in total. The molecule has 0 bridgehead atoms. The fraction of sp³-hybridized carbons (Fsp3) is 0.278. The van der Waals surface area contributed by atoms with Gasteiger partial charge >= 0.3 is 0 Å². The molecule has 26 heavy (non-hydrogen) atoms. The molecule has 0 amide bonds. The lowest BCUT2D eigenvalue weighted by atomic mass is 10.1. The van der Waals surface area contributed by atoms with Crippen molar-refractivity contribution in [1.82, 2.24) is 5.53 Å². The number of hydrogen-bond acceptors (Lipinski definition) is 5. The van der Waals surface area contributed by atoms with Crippen molar-refractivity contribution in [3.8, 4) is 5.75 Å². The zero-order chi connectivity index (χ0) is 19.1. The Hall–Kier alpha value is -2.51. The molecule has 0 spiro atoms. The van der Waals surface area contributed by atoms with Gasteiger partial charge in [-0.1, -0.05) is 37.6 Å². The van der Waals surface area contributed by atoms with Gasteiger partial charge in [-0.2, -0.15) is 0 Å². The Morgan fingerprint density at radius 1 is 1.31 bits per heavy atom. The van der Waals surface area contributed by atoms with Gasteiger partial charge in [-0.3, -0.25) is 0 Å². The molecule has 0 radical (unpaired) electrons. The first-order chi connectivity index (χ1) is 12.6. The van der Waals surface area contributed by atoms with Gasteiger partial charge in [0.05, 0.1) is 12.2 Å². The summed E-state index contributed by atoms with van der Waals surface area (Å²) in [6, 6.07) is 9.82. The summed E-state index contributed by atoms with van der Waals surface area (Å²) in [5.41, 5.74) is 10.5. The van der Waals surface area contributed by atoms with Crippen molar-refractivity contribution in [2.45, 2.75) is 20.4 Å². The zero-order valence-corrected chi connectivity index (χ0v) is 15.6. The molecular formula is C18H23ClFN5O. The minimum atomic E-state index is -0.265. The van der Waals surface area contributed by atoms with Gasteiger partial charge in [0.15, 0.2) is 5.84 Å². The van der Waals surface area contributed by atoms with Crippen molar-refractivity contribution in [2.75, 3.05) is 18.1 Å². The lowest BCUT2D eigenvalue weighted by molar-refractivity contribution is 0.307. The molecule has 0 aromatic heterocycles. The summed E-state index contributed by atoms with van der Waals surface area (Å²) in [7, 11) is 0. The van der Waals surface area contributed by atoms with Crippen LogP contribution < -0.4 is 26.7 Å². The number of benzene rings is 2. The Bertz CT molecular complexity index is 767. The molecule has 0 fully saturated rings. The van der Waals surface area contributed by atoms with Crippen LogP contribution in [0.3, 0.4) is 0 Å². The Morgan fingerprint density at radius 2 is 2.00 bits per heavy atom. The van der Waals surface area contributed by atoms with Gasteiger partial charge in [0.1, 0.15) is 18.2 Å². The van der Waals surface area contributed by atoms with Crippen molar-refractivity contribution >= 4 is 23.1 Å². The van der Waals surface area contributed by atoms with Gasteiger partial charge in [0.25, 0.3) is 0 Å². The quantitative estimate of drug-likeness (QED) is 0.329. The maximum Gasteiger partial charge on any atom is 0.154 e. The molecule has 0 unspecified atom stereocenters. The van der Waals surface area contributed by atoms with E-state index in [4.69, 9.17) is 27.9 Å². The summed E-state index contributed by atoms with van der Waals surface area (Å²) < 4.78 is 18.8. The summed E-state index contributed by atoms with van der Waals surface area (Å²) >= 11 is 6.15. The number of fused-ring (bicyclic) bond motifs is 1. The summed E-state index contributed by atoms with van der Waals surface area (Å²) in [5, 5.41) is 4.32. The van der Waals surface area contributed by atoms with Gasteiger partial charge in [-0.05, 0) is 23.8 Å². The number of amidine groups is 1. The average Bonchev–Trinajstić information content (AvgIpc) is 2.65. The van der Waals surface area contributed by atoms with Crippen molar-refractivity contribution < 1.29 is 9.13 Å². The number of nitrogens with zero attached hydrogens (tertiary/aromatic N) is 2. The standard InChI is InChI=1S/C16H17ClFN5O.C2H6/c17-11-7-13(16(19)21-22-20)15-14(8-11)24-6-5-23(15)9-10-1-3-12(18)4-2-10;1-2/h1-4,7-8,22H,5-6,9,20H2,(H2,19,21);1-2H3. The van der Waals surface area contributed by atoms with Crippen LogP contribution in [0, 0.1) is 5.82 Å². The van der Waals surface area contributed by atoms with Crippen molar-refractivity contribution in [3.63, 3.8) is 0 Å². The van der Waals surface area contributed by atoms with Crippen molar-refractivity contribution in [3.05, 3.63) is 58.4 Å². The second-order valence-electron chi connectivity index (χ2n) is 5.32. The van der Waals surface area contributed by atoms with Crippen LogP contribution in [0.15, 0.2) is 41.5 Å². The fourth-order valence-electron chi connectivity index (χ4n) is 2.68. The lowest BCUT2D eigenvalue weighted by Crippen LogP contribution is -2.35. The average molecular weight is 380 g/mol. The molecule has 0 atom stereocenters. The van der Waals surface area contributed by atoms with Gasteiger partial charge in [0, 0.05) is 23.2 Å². The van der Waals surface area contributed by atoms with Crippen LogP contribution >= 0.6 is 11.6 Å². The van der Waals surface area contributed by atoms with Crippen LogP contribution in [0.2, 0.25) is 5.02 Å². The molecule has 0 saturated heterocycles. The first-order valence-electron chi connectivity index (χ1n) is 8.33. The number of anilines is 1. The number of hydrazine groups is 1. The lowest BCUT2D eigenvalue weighted by Gasteiger charge is -2.33. The Balaban J connectivity index is 0.00000117. The number of rotatable bonds is 4. The fourth-order valence-corrected chi connectivity index (χ4v) is 2.89. The van der Waals surface area contributed by atoms with Crippen LogP contribution in [-0.4, -0.2) is 19.0 Å². The van der Waals surface area contributed by atoms with E-state index in [2.05, 4.69) is 15.5 Å². The number of hydrogen-bond donors (Lipinski definition) is 3. The number of nitrogens with one attached hydrogen (secondary N) is 1. The van der Waals surface area contributed by atoms with Crippen LogP contribution in [0.25, 0.3) is 0 Å². The Morgan fingerprint density at radius 3 is 2.65 bits per heavy atom. The molecule has 0 saturated carbocycles. The summed E-state index contributed by atoms with van der Waals surface area (Å²) in [6.07, 6.45) is 0. The summed E-state index contributed by atoms with van der Waals surface area (Å²) in [5.74, 6) is 5.78. The highest BCUT2D eigenvalue weighted by atomic mass is 35.5. The molecule has 1 aliphatic heterocycles. The smallest absolute Gasteiger partial charge is 0.154 e. The largest absolute Gasteiger partial charge is 0.489 e. The van der Waals surface area contributed by atoms with E-state index in [1.807, 2.05) is 13.8 Å². The van der Waals surface area contributed by atoms with Gasteiger partial charge in [0.2, 0.25) is 0 Å². The van der Waals surface area contributed by atoms with Crippen LogP contribution in [0.5, 0.6) is 5.75 Å². The van der Waals surface area contributed by atoms with E-state index in [0.29, 0.717) is 36.0 Å². The summed E-state index contributed by atoms with van der Waals surface area (Å²) in [4.78, 5) is 2.09. The second kappa shape index (κ2) is 9.26. The van der Waals surface area contributed by atoms with E-state index in [0.717, 1.165) is 11.3 Å². The number of nitrogens with two attached hydrogens (primary N) is 2. The molecule has 8 heteroatoms. The van der Waals surface area contributed by atoms with Crippen molar-refractivity contribution in [2.24, 2.45) is 16.7 Å². The molecule has 2 aromatic carbocycles. The van der Waals surface area contributed by atoms with Gasteiger partial charge in [-0.15, -0.1) is 5.10 Å². The maximum atomic E-state index is 13.1. The number of halogens is 2. The van der Waals surface area contributed by atoms with Crippen LogP contribution in [0.1, 0.15) is 25.0 Å². The van der Waals surface area contributed by atoms with E-state index < -0.39 is 0 Å². The topological polar surface area (TPSA) is 88.9 Å². The molecule has 1 heterocycles. The molecule has 2 aromatic rings. The number of ether oxygens (including phenoxy) is 1. The maximum absolute atomic E-state index is 13.1. The highest BCUT2D eigenvalue weighted by Gasteiger charge is 2.24. The first-order valence-corrected chi connectivity index (χ1v) is 8.71. The predicted octanol–water partition coefficient (Wildman–Crippen LogP) is 2.99. The first kappa shape index (κ1) is 19.8. The highest BCUT2D eigenvalue weighted by Crippen LogP contribution is 2.38. The van der Waals surface area contributed by atoms with E-state index in [1.54, 1.807) is 24.3 Å². The number of hydrazone groups is 1. The molecule has 0 aliphatic carbocycles. The van der Waals surface area contributed by atoms with Gasteiger partial charge in [-0.25, -0.2) is 15.8 Å². The molecule has 3 rings (SSSR count). The van der Waals surface area contributed by atoms with E-state index >= 15 is 0 Å².